The molecule has 0 nitrogen and oxygen atoms in total. The van der Waals surface area contributed by atoms with E-state index in [2.05, 4.69) is 98.8 Å². The molecule has 0 amide bonds. The van der Waals surface area contributed by atoms with Gasteiger partial charge in [-0.3, -0.25) is 0 Å². The van der Waals surface area contributed by atoms with Gasteiger partial charge in [0.25, 0.3) is 0 Å². The van der Waals surface area contributed by atoms with Gasteiger partial charge in [0, 0.05) is 0 Å². The van der Waals surface area contributed by atoms with E-state index in [9.17, 15) is 0 Å². The fraction of sp³-hybridized carbons (Fsp3) is 0.0833. The minimum Gasteiger partial charge on any atom is -0.0622 e. The Hall–Kier alpha value is -2.86. The van der Waals surface area contributed by atoms with Crippen LogP contribution in [0.25, 0.3) is 24.3 Å². The summed E-state index contributed by atoms with van der Waals surface area (Å²) in [6.07, 6.45) is 8.73. The molecule has 3 aromatic carbocycles. The van der Waals surface area contributed by atoms with Crippen LogP contribution in [0.2, 0.25) is 0 Å². The highest BCUT2D eigenvalue weighted by atomic mass is 14.1. The molecule has 0 saturated carbocycles. The molecule has 0 heteroatoms. The third-order valence-corrected chi connectivity index (χ3v) is 4.16. The molecular formula is C24H22. The van der Waals surface area contributed by atoms with Crippen molar-refractivity contribution in [3.05, 3.63) is 106 Å². The molecule has 0 fully saturated rings. The standard InChI is InChI=1S/C24H22/c1-19-17-24(16-14-22-11-7-4-8-12-22)20(2)18-23(19)15-13-21-9-5-3-6-10-21/h3-18H,1-2H3. The van der Waals surface area contributed by atoms with Crippen molar-refractivity contribution in [3.8, 4) is 0 Å². The first-order valence-corrected chi connectivity index (χ1v) is 8.30. The summed E-state index contributed by atoms with van der Waals surface area (Å²) in [5.41, 5.74) is 7.58. The zero-order valence-electron chi connectivity index (χ0n) is 14.2. The molecule has 0 aliphatic rings. The largest absolute Gasteiger partial charge is 0.0622 e. The Morgan fingerprint density at radius 3 is 1.25 bits per heavy atom. The molecule has 0 atom stereocenters. The molecule has 0 spiro atoms. The SMILES string of the molecule is Cc1cc(C=Cc2ccccc2)c(C)cc1C=Cc1ccccc1. The molecule has 0 saturated heterocycles. The Balaban J connectivity index is 1.83. The molecule has 24 heavy (non-hydrogen) atoms. The lowest BCUT2D eigenvalue weighted by Crippen LogP contribution is -1.88. The van der Waals surface area contributed by atoms with Crippen molar-refractivity contribution in [2.24, 2.45) is 0 Å². The van der Waals surface area contributed by atoms with Crippen LogP contribution in [0.5, 0.6) is 0 Å². The highest BCUT2D eigenvalue weighted by Crippen LogP contribution is 2.20. The van der Waals surface area contributed by atoms with E-state index in [0.717, 1.165) is 0 Å². The molecule has 0 aliphatic heterocycles. The van der Waals surface area contributed by atoms with Crippen LogP contribution in [-0.2, 0) is 0 Å². The zero-order valence-corrected chi connectivity index (χ0v) is 14.2. The van der Waals surface area contributed by atoms with E-state index in [4.69, 9.17) is 0 Å². The Morgan fingerprint density at radius 2 is 0.875 bits per heavy atom. The minimum atomic E-state index is 1.22. The van der Waals surface area contributed by atoms with Gasteiger partial charge >= 0.3 is 0 Å². The second kappa shape index (κ2) is 7.61. The van der Waals surface area contributed by atoms with E-state index in [1.807, 2.05) is 12.1 Å². The van der Waals surface area contributed by atoms with Gasteiger partial charge in [-0.05, 0) is 47.2 Å². The Kier molecular flexibility index (Phi) is 5.08. The molecule has 118 valence electrons. The van der Waals surface area contributed by atoms with E-state index in [1.165, 1.54) is 33.4 Å². The van der Waals surface area contributed by atoms with Crippen molar-refractivity contribution in [3.63, 3.8) is 0 Å². The first-order chi connectivity index (χ1) is 11.7. The zero-order chi connectivity index (χ0) is 16.8. The molecule has 0 aliphatic carbocycles. The Bertz CT molecular complexity index is 778. The van der Waals surface area contributed by atoms with E-state index in [1.54, 1.807) is 0 Å². The summed E-state index contributed by atoms with van der Waals surface area (Å²) in [7, 11) is 0. The van der Waals surface area contributed by atoms with Crippen LogP contribution in [-0.4, -0.2) is 0 Å². The normalized spacial score (nSPS) is 11.4. The van der Waals surface area contributed by atoms with E-state index >= 15 is 0 Å². The molecule has 0 aromatic heterocycles. The average molecular weight is 310 g/mol. The number of rotatable bonds is 4. The molecule has 0 radical (unpaired) electrons. The first-order valence-electron chi connectivity index (χ1n) is 8.30. The highest BCUT2D eigenvalue weighted by molar-refractivity contribution is 5.75. The number of hydrogen-bond acceptors (Lipinski definition) is 0. The third kappa shape index (κ3) is 4.11. The van der Waals surface area contributed by atoms with Crippen LogP contribution >= 0.6 is 0 Å². The van der Waals surface area contributed by atoms with Gasteiger partial charge in [0.15, 0.2) is 0 Å². The predicted molar refractivity (Wildman–Crippen MR) is 107 cm³/mol. The quantitative estimate of drug-likeness (QED) is 0.473. The maximum absolute atomic E-state index is 2.26. The summed E-state index contributed by atoms with van der Waals surface area (Å²) in [5, 5.41) is 0. The maximum Gasteiger partial charge on any atom is -0.0224 e. The Labute approximate surface area is 144 Å². The maximum atomic E-state index is 2.26. The molecular weight excluding hydrogens is 288 g/mol. The summed E-state index contributed by atoms with van der Waals surface area (Å²) in [6, 6.07) is 25.4. The molecule has 3 aromatic rings. The lowest BCUT2D eigenvalue weighted by atomic mass is 9.98. The third-order valence-electron chi connectivity index (χ3n) is 4.16. The fourth-order valence-corrected chi connectivity index (χ4v) is 2.72. The molecule has 0 bridgehead atoms. The molecule has 0 heterocycles. The number of aryl methyl sites for hydroxylation is 2. The van der Waals surface area contributed by atoms with Crippen molar-refractivity contribution < 1.29 is 0 Å². The van der Waals surface area contributed by atoms with Crippen molar-refractivity contribution in [2.75, 3.05) is 0 Å². The number of hydrogen-bond donors (Lipinski definition) is 0. The van der Waals surface area contributed by atoms with Crippen molar-refractivity contribution >= 4 is 24.3 Å². The first kappa shape index (κ1) is 16.0. The lowest BCUT2D eigenvalue weighted by Gasteiger charge is -2.07. The predicted octanol–water partition coefficient (Wildman–Crippen LogP) is 6.64. The van der Waals surface area contributed by atoms with Gasteiger partial charge in [-0.2, -0.15) is 0 Å². The van der Waals surface area contributed by atoms with Crippen molar-refractivity contribution in [1.82, 2.24) is 0 Å². The van der Waals surface area contributed by atoms with E-state index < -0.39 is 0 Å². The van der Waals surface area contributed by atoms with E-state index in [0.29, 0.717) is 0 Å². The van der Waals surface area contributed by atoms with Crippen LogP contribution in [0.4, 0.5) is 0 Å². The summed E-state index contributed by atoms with van der Waals surface area (Å²) < 4.78 is 0. The van der Waals surface area contributed by atoms with Gasteiger partial charge in [-0.15, -0.1) is 0 Å². The van der Waals surface area contributed by atoms with Crippen LogP contribution in [0.15, 0.2) is 72.8 Å². The minimum absolute atomic E-state index is 1.22. The average Bonchev–Trinajstić information content (AvgIpc) is 2.62. The summed E-state index contributed by atoms with van der Waals surface area (Å²) in [5.74, 6) is 0. The Morgan fingerprint density at radius 1 is 0.500 bits per heavy atom. The van der Waals surface area contributed by atoms with Crippen LogP contribution in [0.1, 0.15) is 33.4 Å². The summed E-state index contributed by atoms with van der Waals surface area (Å²) >= 11 is 0. The lowest BCUT2D eigenvalue weighted by molar-refractivity contribution is 1.36. The molecule has 0 N–H and O–H groups in total. The smallest absolute Gasteiger partial charge is 0.0224 e. The second-order valence-electron chi connectivity index (χ2n) is 6.05. The van der Waals surface area contributed by atoms with Gasteiger partial charge < -0.3 is 0 Å². The fourth-order valence-electron chi connectivity index (χ4n) is 2.72. The summed E-state index contributed by atoms with van der Waals surface area (Å²) in [4.78, 5) is 0. The van der Waals surface area contributed by atoms with E-state index in [-0.39, 0.29) is 0 Å². The van der Waals surface area contributed by atoms with Gasteiger partial charge in [0.1, 0.15) is 0 Å². The monoisotopic (exact) mass is 310 g/mol. The topological polar surface area (TPSA) is 0 Å². The van der Waals surface area contributed by atoms with Crippen LogP contribution in [0, 0.1) is 13.8 Å². The van der Waals surface area contributed by atoms with Crippen LogP contribution in [0.3, 0.4) is 0 Å². The number of benzene rings is 3. The van der Waals surface area contributed by atoms with Crippen molar-refractivity contribution in [1.29, 1.82) is 0 Å². The van der Waals surface area contributed by atoms with Gasteiger partial charge in [0.05, 0.1) is 0 Å². The second-order valence-corrected chi connectivity index (χ2v) is 6.05. The summed E-state index contributed by atoms with van der Waals surface area (Å²) in [6.45, 7) is 4.34. The van der Waals surface area contributed by atoms with Gasteiger partial charge in [-0.1, -0.05) is 97.1 Å². The van der Waals surface area contributed by atoms with Gasteiger partial charge in [-0.25, -0.2) is 0 Å². The molecule has 0 unspecified atom stereocenters. The molecule has 3 rings (SSSR count). The van der Waals surface area contributed by atoms with Crippen LogP contribution < -0.4 is 0 Å². The van der Waals surface area contributed by atoms with Gasteiger partial charge in [0.2, 0.25) is 0 Å². The highest BCUT2D eigenvalue weighted by Gasteiger charge is 2.00. The van der Waals surface area contributed by atoms with Crippen molar-refractivity contribution in [2.45, 2.75) is 13.8 Å².